The molecule has 0 aromatic heterocycles. The summed E-state index contributed by atoms with van der Waals surface area (Å²) in [7, 11) is 0. The molecule has 1 aliphatic heterocycles. The molecule has 6 heteroatoms. The molecule has 4 rings (SSSR count). The van der Waals surface area contributed by atoms with E-state index in [4.69, 9.17) is 9.47 Å². The Hall–Kier alpha value is -2.80. The van der Waals surface area contributed by atoms with Gasteiger partial charge in [-0.2, -0.15) is 0 Å². The molecule has 1 spiro atoms. The van der Waals surface area contributed by atoms with E-state index in [-0.39, 0.29) is 46.0 Å². The third-order valence-electron chi connectivity index (χ3n) is 11.2. The van der Waals surface area contributed by atoms with Gasteiger partial charge in [-0.3, -0.25) is 9.59 Å². The van der Waals surface area contributed by atoms with E-state index in [0.29, 0.717) is 25.7 Å². The maximum absolute atomic E-state index is 13.1. The second-order valence-electron chi connectivity index (χ2n) is 16.3. The Labute approximate surface area is 289 Å². The third-order valence-corrected chi connectivity index (χ3v) is 11.2. The van der Waals surface area contributed by atoms with Gasteiger partial charge in [-0.05, 0) is 103 Å². The molecule has 48 heavy (non-hydrogen) atoms. The van der Waals surface area contributed by atoms with Crippen LogP contribution in [-0.4, -0.2) is 51.0 Å². The van der Waals surface area contributed by atoms with Crippen LogP contribution in [0.4, 0.5) is 0 Å². The van der Waals surface area contributed by atoms with E-state index in [2.05, 4.69) is 84.1 Å². The van der Waals surface area contributed by atoms with Crippen molar-refractivity contribution in [2.24, 2.45) is 10.8 Å². The molecule has 0 aromatic rings. The maximum atomic E-state index is 13.1. The summed E-state index contributed by atoms with van der Waals surface area (Å²) in [6, 6.07) is 0. The number of ether oxygens (including phenoxy) is 2. The van der Waals surface area contributed by atoms with Crippen molar-refractivity contribution in [1.82, 2.24) is 0 Å². The zero-order valence-corrected chi connectivity index (χ0v) is 30.9. The van der Waals surface area contributed by atoms with E-state index in [1.807, 2.05) is 26.0 Å². The number of fused-ring (bicyclic) bond motifs is 2. The van der Waals surface area contributed by atoms with Crippen LogP contribution in [0.2, 0.25) is 0 Å². The Morgan fingerprint density at radius 3 is 2.04 bits per heavy atom. The fourth-order valence-electron chi connectivity index (χ4n) is 8.65. The van der Waals surface area contributed by atoms with Gasteiger partial charge in [0.2, 0.25) is 0 Å². The minimum Gasteiger partial charge on any atom is -0.462 e. The van der Waals surface area contributed by atoms with Crippen LogP contribution in [0.1, 0.15) is 127 Å². The number of carbonyl (C=O) groups excluding carboxylic acids is 2. The number of aliphatic hydroxyl groups is 2. The van der Waals surface area contributed by atoms with Crippen LogP contribution in [0.3, 0.4) is 0 Å². The predicted octanol–water partition coefficient (Wildman–Crippen LogP) is 8.91. The molecule has 0 bridgehead atoms. The van der Waals surface area contributed by atoms with Gasteiger partial charge >= 0.3 is 5.97 Å². The minimum atomic E-state index is -1.01. The van der Waals surface area contributed by atoms with E-state index in [1.165, 1.54) is 18.1 Å². The number of hydrogen-bond donors (Lipinski definition) is 2. The standard InChI is InChI=1S/C42H60O6/c1-29(16-12-17-31(3)20-21-37-38(6,7)26-35(47-33(5)43)27-39(37,8)46)14-10-11-15-30(2)18-13-19-32(4)36(45)28-42-40(9,48-42)24-34(44)25-41(42)22-23-41/h12-19,21,34-35,44,46H,10-11,20,22-28H2,1-9H3/b16-12+,18-13+,29-14+,30-15+,31-17+,32-19+,37-21-/t34-,35+,39-,40-,42-/m1/s1. The molecule has 0 amide bonds. The van der Waals surface area contributed by atoms with Crippen LogP contribution in [0, 0.1) is 10.8 Å². The highest BCUT2D eigenvalue weighted by Gasteiger charge is 2.82. The first kappa shape index (κ1) is 38.0. The third kappa shape index (κ3) is 8.86. The number of aliphatic hydroxyl groups excluding tert-OH is 1. The first-order chi connectivity index (χ1) is 22.3. The molecule has 1 saturated heterocycles. The lowest BCUT2D eigenvalue weighted by Gasteiger charge is -2.46. The summed E-state index contributed by atoms with van der Waals surface area (Å²) in [6.07, 6.45) is 25.9. The number of unbranched alkanes of at least 4 members (excludes halogenated alkanes) is 1. The highest BCUT2D eigenvalue weighted by molar-refractivity contribution is 5.96. The van der Waals surface area contributed by atoms with E-state index in [9.17, 15) is 19.8 Å². The predicted molar refractivity (Wildman–Crippen MR) is 193 cm³/mol. The van der Waals surface area contributed by atoms with Gasteiger partial charge in [-0.1, -0.05) is 85.3 Å². The average Bonchev–Trinajstić information content (AvgIpc) is 3.85. The van der Waals surface area contributed by atoms with Crippen LogP contribution >= 0.6 is 0 Å². The largest absolute Gasteiger partial charge is 0.462 e. The molecule has 0 radical (unpaired) electrons. The number of carbonyl (C=O) groups is 2. The van der Waals surface area contributed by atoms with E-state index in [0.717, 1.165) is 55.2 Å². The summed E-state index contributed by atoms with van der Waals surface area (Å²) < 4.78 is 11.7. The van der Waals surface area contributed by atoms with E-state index in [1.54, 1.807) is 0 Å². The number of rotatable bonds is 13. The van der Waals surface area contributed by atoms with Crippen molar-refractivity contribution in [3.8, 4) is 0 Å². The van der Waals surface area contributed by atoms with Crippen molar-refractivity contribution in [2.75, 3.05) is 0 Å². The Balaban J connectivity index is 1.21. The van der Waals surface area contributed by atoms with Crippen molar-refractivity contribution in [3.63, 3.8) is 0 Å². The number of epoxide rings is 1. The Kier molecular flexibility index (Phi) is 11.6. The van der Waals surface area contributed by atoms with Gasteiger partial charge in [-0.15, -0.1) is 0 Å². The summed E-state index contributed by atoms with van der Waals surface area (Å²) in [4.78, 5) is 24.6. The fraction of sp³-hybridized carbons (Fsp3) is 0.619. The molecule has 264 valence electrons. The monoisotopic (exact) mass is 660 g/mol. The second-order valence-corrected chi connectivity index (χ2v) is 16.3. The molecule has 5 atom stereocenters. The summed E-state index contributed by atoms with van der Waals surface area (Å²) in [5, 5.41) is 21.5. The fourth-order valence-corrected chi connectivity index (χ4v) is 8.65. The zero-order chi connectivity index (χ0) is 35.5. The Morgan fingerprint density at radius 2 is 1.48 bits per heavy atom. The maximum Gasteiger partial charge on any atom is 0.302 e. The SMILES string of the molecule is CC(=O)O[C@H]1CC(C)(C)/C(=C/C/C(C)=C/C=C/C(C)=C/CC/C=C(C)/C=C/C=C(\C)C(=O)C[C@@]23O[C@]2(C)C[C@@H](O)CC32CC2)[C@](C)(O)C1. The molecular formula is C42H60O6. The molecule has 6 nitrogen and oxygen atoms in total. The van der Waals surface area contributed by atoms with Gasteiger partial charge < -0.3 is 19.7 Å². The average molecular weight is 661 g/mol. The zero-order valence-electron chi connectivity index (χ0n) is 30.9. The van der Waals surface area contributed by atoms with Gasteiger partial charge in [0.1, 0.15) is 11.7 Å². The van der Waals surface area contributed by atoms with Gasteiger partial charge in [-0.25, -0.2) is 0 Å². The van der Waals surface area contributed by atoms with Crippen LogP contribution < -0.4 is 0 Å². The summed E-state index contributed by atoms with van der Waals surface area (Å²) in [5.41, 5.74) is 3.32. The van der Waals surface area contributed by atoms with Gasteiger partial charge in [0.05, 0.1) is 17.3 Å². The molecule has 0 aromatic carbocycles. The molecule has 4 fully saturated rings. The van der Waals surface area contributed by atoms with Crippen molar-refractivity contribution in [1.29, 1.82) is 0 Å². The quantitative estimate of drug-likeness (QED) is 0.0512. The molecule has 4 aliphatic rings. The molecular weight excluding hydrogens is 600 g/mol. The first-order valence-corrected chi connectivity index (χ1v) is 17.9. The first-order valence-electron chi connectivity index (χ1n) is 17.9. The highest BCUT2D eigenvalue weighted by Crippen LogP contribution is 2.76. The van der Waals surface area contributed by atoms with Crippen molar-refractivity contribution in [3.05, 3.63) is 82.5 Å². The lowest BCUT2D eigenvalue weighted by molar-refractivity contribution is -0.152. The van der Waals surface area contributed by atoms with E-state index >= 15 is 0 Å². The second kappa shape index (κ2) is 14.6. The highest BCUT2D eigenvalue weighted by atomic mass is 16.6. The number of Topliss-reactive ketones (excluding diaryl/α,β-unsaturated/α-hetero) is 1. The summed E-state index contributed by atoms with van der Waals surface area (Å²) in [6.45, 7) is 17.7. The summed E-state index contributed by atoms with van der Waals surface area (Å²) in [5.74, 6) is -0.163. The lowest BCUT2D eigenvalue weighted by atomic mass is 9.64. The van der Waals surface area contributed by atoms with Crippen LogP contribution in [0.25, 0.3) is 0 Å². The van der Waals surface area contributed by atoms with Crippen LogP contribution in [0.15, 0.2) is 82.5 Å². The Bertz CT molecular complexity index is 1440. The topological polar surface area (TPSA) is 96.4 Å². The van der Waals surface area contributed by atoms with Crippen molar-refractivity contribution in [2.45, 2.75) is 156 Å². The van der Waals surface area contributed by atoms with Crippen LogP contribution in [0.5, 0.6) is 0 Å². The molecule has 3 saturated carbocycles. The molecule has 1 heterocycles. The molecule has 3 aliphatic carbocycles. The normalized spacial score (nSPS) is 34.2. The van der Waals surface area contributed by atoms with Crippen LogP contribution in [-0.2, 0) is 19.1 Å². The Morgan fingerprint density at radius 1 is 0.875 bits per heavy atom. The van der Waals surface area contributed by atoms with Crippen molar-refractivity contribution < 1.29 is 29.3 Å². The van der Waals surface area contributed by atoms with Gasteiger partial charge in [0.15, 0.2) is 5.78 Å². The van der Waals surface area contributed by atoms with Crippen molar-refractivity contribution >= 4 is 11.8 Å². The van der Waals surface area contributed by atoms with E-state index < -0.39 is 5.60 Å². The number of hydrogen-bond acceptors (Lipinski definition) is 6. The number of allylic oxidation sites excluding steroid dienone is 13. The minimum absolute atomic E-state index is 0.00234. The lowest BCUT2D eigenvalue weighted by Crippen LogP contribution is -2.46. The number of ketones is 1. The smallest absolute Gasteiger partial charge is 0.302 e. The van der Waals surface area contributed by atoms with Gasteiger partial charge in [0, 0.05) is 31.6 Å². The molecule has 0 unspecified atom stereocenters. The van der Waals surface area contributed by atoms with Gasteiger partial charge in [0.25, 0.3) is 0 Å². The number of esters is 1. The summed E-state index contributed by atoms with van der Waals surface area (Å²) >= 11 is 0. The molecule has 2 N–H and O–H groups in total.